The molecular formula is C25H27F2N7O3. The monoisotopic (exact) mass is 511 g/mol. The number of ketones is 1. The number of carbonyl (C=O) groups is 1. The minimum absolute atomic E-state index is 0.0345. The van der Waals surface area contributed by atoms with Crippen molar-refractivity contribution in [2.75, 3.05) is 25.5 Å². The first-order valence-electron chi connectivity index (χ1n) is 11.7. The van der Waals surface area contributed by atoms with Gasteiger partial charge in [-0.2, -0.15) is 10.1 Å². The summed E-state index contributed by atoms with van der Waals surface area (Å²) in [5.74, 6) is -0.390. The average molecular weight is 512 g/mol. The number of halogens is 2. The molecule has 0 bridgehead atoms. The number of benzene rings is 1. The Morgan fingerprint density at radius 2 is 2.08 bits per heavy atom. The van der Waals surface area contributed by atoms with E-state index in [0.29, 0.717) is 42.0 Å². The first kappa shape index (κ1) is 24.9. The zero-order valence-electron chi connectivity index (χ0n) is 20.6. The fourth-order valence-corrected chi connectivity index (χ4v) is 4.65. The van der Waals surface area contributed by atoms with E-state index in [1.54, 1.807) is 53.9 Å². The van der Waals surface area contributed by atoms with E-state index in [1.165, 1.54) is 6.20 Å². The third kappa shape index (κ3) is 4.95. The molecule has 1 fully saturated rings. The van der Waals surface area contributed by atoms with Gasteiger partial charge in [-0.25, -0.2) is 18.4 Å². The predicted molar refractivity (Wildman–Crippen MR) is 133 cm³/mol. The molecule has 5 rings (SSSR count). The molecule has 0 spiro atoms. The van der Waals surface area contributed by atoms with Gasteiger partial charge in [0.25, 0.3) is 0 Å². The number of anilines is 2. The van der Waals surface area contributed by atoms with Gasteiger partial charge < -0.3 is 19.7 Å². The Bertz CT molecular complexity index is 1450. The number of nitrogens with one attached hydrogen (secondary N) is 1. The Morgan fingerprint density at radius 1 is 1.27 bits per heavy atom. The number of Topliss-reactive ketones (excluding diaryl/α,β-unsaturated/α-hetero) is 1. The third-order valence-electron chi connectivity index (χ3n) is 6.59. The lowest BCUT2D eigenvalue weighted by Crippen LogP contribution is -2.25. The van der Waals surface area contributed by atoms with E-state index in [1.807, 2.05) is 13.1 Å². The Kier molecular flexibility index (Phi) is 6.71. The van der Waals surface area contributed by atoms with E-state index >= 15 is 0 Å². The molecule has 4 aromatic rings. The smallest absolute Gasteiger partial charge is 0.300 e. The highest BCUT2D eigenvalue weighted by Gasteiger charge is 2.31. The molecule has 0 aliphatic carbocycles. The molecule has 0 radical (unpaired) electrons. The molecule has 37 heavy (non-hydrogen) atoms. The lowest BCUT2D eigenvalue weighted by Gasteiger charge is -2.14. The summed E-state index contributed by atoms with van der Waals surface area (Å²) in [7, 11) is 3.30. The van der Waals surface area contributed by atoms with Crippen LogP contribution < -0.4 is 5.32 Å². The van der Waals surface area contributed by atoms with Crippen LogP contribution >= 0.6 is 0 Å². The van der Waals surface area contributed by atoms with Gasteiger partial charge in [-0.15, -0.1) is 0 Å². The van der Waals surface area contributed by atoms with Crippen LogP contribution in [0.25, 0.3) is 16.7 Å². The van der Waals surface area contributed by atoms with Gasteiger partial charge in [-0.3, -0.25) is 9.69 Å². The molecule has 10 nitrogen and oxygen atoms in total. The molecule has 2 atom stereocenters. The molecule has 0 unspecified atom stereocenters. The Hall–Kier alpha value is -3.74. The molecule has 1 aromatic carbocycles. The number of methoxy groups -OCH3 is 1. The van der Waals surface area contributed by atoms with Gasteiger partial charge in [0.1, 0.15) is 0 Å². The maximum absolute atomic E-state index is 13.1. The largest absolute Gasteiger partial charge is 0.389 e. The number of ether oxygens (including phenoxy) is 1. The van der Waals surface area contributed by atoms with Crippen LogP contribution in [0.3, 0.4) is 0 Å². The maximum atomic E-state index is 13.1. The standard InChI is InChI=1S/C25H27F2N7O3/c1-14-15(9-33-12-20(35)21(13-33)37-3)10-34(31-14)22-6-7-28-25(30-22)29-16-4-5-19-17(8-16)18(11-32(19)2)23(36)24(26)27/h4-8,10-11,20-21,24,35H,9,12-13H2,1-3H3,(H,28,29,30)/t20-,21+/m0/s1. The molecule has 0 saturated carbocycles. The number of hydrogen-bond donors (Lipinski definition) is 2. The Morgan fingerprint density at radius 3 is 2.81 bits per heavy atom. The number of β-amino-alcohol motifs (C(OH)–C–C–N with tert-alkyl or cyclic N) is 1. The second-order valence-corrected chi connectivity index (χ2v) is 9.13. The zero-order chi connectivity index (χ0) is 26.3. The third-order valence-corrected chi connectivity index (χ3v) is 6.59. The van der Waals surface area contributed by atoms with Gasteiger partial charge in [0, 0.05) is 86.2 Å². The highest BCUT2D eigenvalue weighted by Crippen LogP contribution is 2.27. The molecule has 2 N–H and O–H groups in total. The van der Waals surface area contributed by atoms with Crippen LogP contribution in [0.1, 0.15) is 21.6 Å². The number of alkyl halides is 2. The van der Waals surface area contributed by atoms with Crippen molar-refractivity contribution in [2.24, 2.45) is 7.05 Å². The Balaban J connectivity index is 1.36. The summed E-state index contributed by atoms with van der Waals surface area (Å²) in [6.07, 6.45) is 1.10. The number of aliphatic hydroxyl groups excluding tert-OH is 1. The minimum atomic E-state index is -3.08. The van der Waals surface area contributed by atoms with Crippen molar-refractivity contribution in [1.82, 2.24) is 29.2 Å². The molecular weight excluding hydrogens is 484 g/mol. The number of rotatable bonds is 8. The lowest BCUT2D eigenvalue weighted by molar-refractivity contribution is 0.0215. The summed E-state index contributed by atoms with van der Waals surface area (Å²) in [4.78, 5) is 22.9. The van der Waals surface area contributed by atoms with Gasteiger partial charge in [-0.1, -0.05) is 0 Å². The Labute approximate surface area is 211 Å². The van der Waals surface area contributed by atoms with Crippen molar-refractivity contribution in [3.63, 3.8) is 0 Å². The van der Waals surface area contributed by atoms with Crippen LogP contribution in [0, 0.1) is 6.92 Å². The fourth-order valence-electron chi connectivity index (χ4n) is 4.65. The van der Waals surface area contributed by atoms with Crippen LogP contribution in [-0.2, 0) is 18.3 Å². The van der Waals surface area contributed by atoms with Gasteiger partial charge in [0.15, 0.2) is 5.82 Å². The van der Waals surface area contributed by atoms with Crippen LogP contribution in [-0.4, -0.2) is 78.9 Å². The lowest BCUT2D eigenvalue weighted by atomic mass is 10.1. The molecule has 1 aliphatic heterocycles. The summed E-state index contributed by atoms with van der Waals surface area (Å²) >= 11 is 0. The quantitative estimate of drug-likeness (QED) is 0.348. The first-order valence-corrected chi connectivity index (χ1v) is 11.7. The van der Waals surface area contributed by atoms with E-state index in [4.69, 9.17) is 4.74 Å². The SMILES string of the molecule is CO[C@@H]1CN(Cc2cn(-c3ccnc(Nc4ccc5c(c4)c(C(=O)C(F)F)cn5C)n3)nc2C)C[C@@H]1O. The van der Waals surface area contributed by atoms with E-state index in [-0.39, 0.29) is 17.6 Å². The predicted octanol–water partition coefficient (Wildman–Crippen LogP) is 2.85. The molecule has 0 amide bonds. The molecule has 4 heterocycles. The van der Waals surface area contributed by atoms with Gasteiger partial charge in [0.2, 0.25) is 11.7 Å². The fraction of sp³-hybridized carbons (Fsp3) is 0.360. The highest BCUT2D eigenvalue weighted by molar-refractivity contribution is 6.10. The topological polar surface area (TPSA) is 110 Å². The summed E-state index contributed by atoms with van der Waals surface area (Å²) in [6, 6.07) is 6.87. The van der Waals surface area contributed by atoms with Gasteiger partial charge >= 0.3 is 6.43 Å². The number of carbonyl (C=O) groups excluding carboxylic acids is 1. The van der Waals surface area contributed by atoms with Crippen molar-refractivity contribution in [3.05, 3.63) is 59.7 Å². The van der Waals surface area contributed by atoms with E-state index < -0.39 is 18.3 Å². The van der Waals surface area contributed by atoms with Crippen LogP contribution in [0.5, 0.6) is 0 Å². The molecule has 3 aromatic heterocycles. The second-order valence-electron chi connectivity index (χ2n) is 9.13. The molecule has 1 aliphatic rings. The number of aliphatic hydroxyl groups is 1. The molecule has 1 saturated heterocycles. The van der Waals surface area contributed by atoms with Crippen LogP contribution in [0.2, 0.25) is 0 Å². The van der Waals surface area contributed by atoms with E-state index in [0.717, 1.165) is 11.3 Å². The molecule has 12 heteroatoms. The number of likely N-dealkylation sites (tertiary alicyclic amines) is 1. The van der Waals surface area contributed by atoms with Crippen LogP contribution in [0.15, 0.2) is 42.9 Å². The van der Waals surface area contributed by atoms with Crippen molar-refractivity contribution < 1.29 is 23.4 Å². The summed E-state index contributed by atoms with van der Waals surface area (Å²) < 4.78 is 34.8. The van der Waals surface area contributed by atoms with Crippen molar-refractivity contribution >= 4 is 28.3 Å². The zero-order valence-corrected chi connectivity index (χ0v) is 20.6. The first-order chi connectivity index (χ1) is 17.7. The minimum Gasteiger partial charge on any atom is -0.389 e. The van der Waals surface area contributed by atoms with E-state index in [9.17, 15) is 18.7 Å². The number of nitrogens with zero attached hydrogens (tertiary/aromatic N) is 6. The molecule has 194 valence electrons. The van der Waals surface area contributed by atoms with Crippen LogP contribution in [0.4, 0.5) is 20.4 Å². The number of fused-ring (bicyclic) bond motifs is 1. The second kappa shape index (κ2) is 9.96. The number of hydrogen-bond acceptors (Lipinski definition) is 8. The van der Waals surface area contributed by atoms with Crippen molar-refractivity contribution in [2.45, 2.75) is 32.1 Å². The van der Waals surface area contributed by atoms with Crippen molar-refractivity contribution in [1.29, 1.82) is 0 Å². The highest BCUT2D eigenvalue weighted by atomic mass is 19.3. The maximum Gasteiger partial charge on any atom is 0.300 e. The average Bonchev–Trinajstić information content (AvgIpc) is 3.53. The van der Waals surface area contributed by atoms with Gasteiger partial charge in [0.05, 0.1) is 17.9 Å². The number of aryl methyl sites for hydroxylation is 2. The summed E-state index contributed by atoms with van der Waals surface area (Å²) in [5.41, 5.74) is 3.02. The summed E-state index contributed by atoms with van der Waals surface area (Å²) in [5, 5.41) is 18.2. The van der Waals surface area contributed by atoms with E-state index in [2.05, 4.69) is 25.3 Å². The normalized spacial score (nSPS) is 18.2. The van der Waals surface area contributed by atoms with Gasteiger partial charge in [-0.05, 0) is 25.1 Å². The summed E-state index contributed by atoms with van der Waals surface area (Å²) in [6.45, 7) is 3.71. The van der Waals surface area contributed by atoms with Crippen molar-refractivity contribution in [3.8, 4) is 5.82 Å². The number of aromatic nitrogens is 5.